The molecule has 0 aromatic heterocycles. The van der Waals surface area contributed by atoms with Gasteiger partial charge in [0.15, 0.2) is 0 Å². The smallest absolute Gasteiger partial charge is 0.234 e. The highest BCUT2D eigenvalue weighted by Gasteiger charge is 2.06. The zero-order chi connectivity index (χ0) is 17.4. The van der Waals surface area contributed by atoms with E-state index in [4.69, 9.17) is 11.6 Å². The lowest BCUT2D eigenvalue weighted by Crippen LogP contribution is -2.25. The first-order valence-electron chi connectivity index (χ1n) is 7.17. The molecule has 7 heteroatoms. The second-order valence-electron chi connectivity index (χ2n) is 4.95. The van der Waals surface area contributed by atoms with Gasteiger partial charge in [-0.2, -0.15) is 0 Å². The van der Waals surface area contributed by atoms with E-state index in [2.05, 4.69) is 26.6 Å². The highest BCUT2D eigenvalue weighted by atomic mass is 79.9. The topological polar surface area (TPSA) is 58.2 Å². The van der Waals surface area contributed by atoms with Crippen molar-refractivity contribution in [1.82, 2.24) is 5.32 Å². The Morgan fingerprint density at radius 1 is 1.04 bits per heavy atom. The summed E-state index contributed by atoms with van der Waals surface area (Å²) in [5, 5.41) is 6.26. The van der Waals surface area contributed by atoms with Gasteiger partial charge in [0.1, 0.15) is 0 Å². The standard InChI is InChI=1S/C17H16BrClN2O2S/c18-13-2-1-3-15(8-13)21-17(23)11-24-10-16(22)20-9-12-4-6-14(19)7-5-12/h1-8H,9-11H2,(H,20,22)(H,21,23). The number of hydrogen-bond donors (Lipinski definition) is 2. The van der Waals surface area contributed by atoms with Crippen LogP contribution in [0.15, 0.2) is 53.0 Å². The zero-order valence-electron chi connectivity index (χ0n) is 12.7. The average molecular weight is 428 g/mol. The fraction of sp³-hybridized carbons (Fsp3) is 0.176. The number of anilines is 1. The van der Waals surface area contributed by atoms with Crippen LogP contribution < -0.4 is 10.6 Å². The van der Waals surface area contributed by atoms with Gasteiger partial charge >= 0.3 is 0 Å². The Bertz CT molecular complexity index is 710. The summed E-state index contributed by atoms with van der Waals surface area (Å²) in [6, 6.07) is 14.6. The Morgan fingerprint density at radius 3 is 2.46 bits per heavy atom. The highest BCUT2D eigenvalue weighted by molar-refractivity contribution is 9.10. The maximum absolute atomic E-state index is 11.8. The minimum Gasteiger partial charge on any atom is -0.351 e. The van der Waals surface area contributed by atoms with Gasteiger partial charge in [0.25, 0.3) is 0 Å². The molecule has 0 spiro atoms. The number of thioether (sulfide) groups is 1. The monoisotopic (exact) mass is 426 g/mol. The summed E-state index contributed by atoms with van der Waals surface area (Å²) in [6.07, 6.45) is 0. The zero-order valence-corrected chi connectivity index (χ0v) is 15.9. The van der Waals surface area contributed by atoms with Crippen molar-refractivity contribution in [3.05, 3.63) is 63.6 Å². The maximum Gasteiger partial charge on any atom is 0.234 e. The second-order valence-corrected chi connectivity index (χ2v) is 7.29. The molecule has 4 nitrogen and oxygen atoms in total. The van der Waals surface area contributed by atoms with E-state index in [1.54, 1.807) is 12.1 Å². The quantitative estimate of drug-likeness (QED) is 0.700. The van der Waals surface area contributed by atoms with Crippen LogP contribution in [0.4, 0.5) is 5.69 Å². The Labute approximate surface area is 158 Å². The van der Waals surface area contributed by atoms with Gasteiger partial charge in [-0.3, -0.25) is 9.59 Å². The first kappa shape index (κ1) is 18.8. The van der Waals surface area contributed by atoms with Crippen molar-refractivity contribution >= 4 is 56.8 Å². The normalized spacial score (nSPS) is 10.2. The Kier molecular flexibility index (Phi) is 7.62. The molecule has 0 saturated carbocycles. The predicted molar refractivity (Wildman–Crippen MR) is 103 cm³/mol. The van der Waals surface area contributed by atoms with Gasteiger partial charge in [0.05, 0.1) is 11.5 Å². The van der Waals surface area contributed by atoms with E-state index in [0.29, 0.717) is 11.6 Å². The molecule has 0 aliphatic carbocycles. The fourth-order valence-corrected chi connectivity index (χ4v) is 3.03. The van der Waals surface area contributed by atoms with E-state index in [1.165, 1.54) is 11.8 Å². The van der Waals surface area contributed by atoms with E-state index in [-0.39, 0.29) is 23.3 Å². The number of benzene rings is 2. The van der Waals surface area contributed by atoms with Crippen molar-refractivity contribution in [2.24, 2.45) is 0 Å². The van der Waals surface area contributed by atoms with Crippen LogP contribution >= 0.6 is 39.3 Å². The largest absolute Gasteiger partial charge is 0.351 e. The van der Waals surface area contributed by atoms with Crippen LogP contribution in [0, 0.1) is 0 Å². The van der Waals surface area contributed by atoms with Crippen molar-refractivity contribution in [2.75, 3.05) is 16.8 Å². The van der Waals surface area contributed by atoms with Crippen molar-refractivity contribution in [3.8, 4) is 0 Å². The minimum absolute atomic E-state index is 0.106. The molecule has 0 fully saturated rings. The first-order valence-corrected chi connectivity index (χ1v) is 9.50. The number of carbonyl (C=O) groups excluding carboxylic acids is 2. The number of hydrogen-bond acceptors (Lipinski definition) is 3. The first-order chi connectivity index (χ1) is 11.5. The molecule has 0 saturated heterocycles. The average Bonchev–Trinajstić information content (AvgIpc) is 2.54. The van der Waals surface area contributed by atoms with Crippen LogP contribution in [0.25, 0.3) is 0 Å². The van der Waals surface area contributed by atoms with E-state index < -0.39 is 0 Å². The second kappa shape index (κ2) is 9.71. The molecule has 24 heavy (non-hydrogen) atoms. The summed E-state index contributed by atoms with van der Waals surface area (Å²) < 4.78 is 0.898. The third-order valence-electron chi connectivity index (χ3n) is 2.98. The third-order valence-corrected chi connectivity index (χ3v) is 4.66. The maximum atomic E-state index is 11.8. The molecular formula is C17H16BrClN2O2S. The van der Waals surface area contributed by atoms with Gasteiger partial charge in [-0.1, -0.05) is 45.7 Å². The van der Waals surface area contributed by atoms with E-state index in [0.717, 1.165) is 15.7 Å². The van der Waals surface area contributed by atoms with E-state index >= 15 is 0 Å². The summed E-state index contributed by atoms with van der Waals surface area (Å²) >= 11 is 10.4. The molecule has 2 amide bonds. The van der Waals surface area contributed by atoms with Crippen LogP contribution in [-0.4, -0.2) is 23.3 Å². The summed E-state index contributed by atoms with van der Waals surface area (Å²) in [7, 11) is 0. The van der Waals surface area contributed by atoms with Gasteiger partial charge in [-0.15, -0.1) is 11.8 Å². The van der Waals surface area contributed by atoms with Gasteiger partial charge in [-0.25, -0.2) is 0 Å². The number of halogens is 2. The molecule has 0 heterocycles. The summed E-state index contributed by atoms with van der Waals surface area (Å²) in [4.78, 5) is 23.6. The number of nitrogens with one attached hydrogen (secondary N) is 2. The third kappa shape index (κ3) is 6.95. The molecular weight excluding hydrogens is 412 g/mol. The highest BCUT2D eigenvalue weighted by Crippen LogP contribution is 2.16. The van der Waals surface area contributed by atoms with Gasteiger partial charge < -0.3 is 10.6 Å². The summed E-state index contributed by atoms with van der Waals surface area (Å²) in [6.45, 7) is 0.445. The molecule has 0 unspecified atom stereocenters. The molecule has 0 aliphatic rings. The summed E-state index contributed by atoms with van der Waals surface area (Å²) in [5.41, 5.74) is 1.70. The molecule has 2 aromatic rings. The molecule has 0 radical (unpaired) electrons. The lowest BCUT2D eigenvalue weighted by Gasteiger charge is -2.07. The van der Waals surface area contributed by atoms with Crippen LogP contribution in [0.1, 0.15) is 5.56 Å². The van der Waals surface area contributed by atoms with Crippen LogP contribution in [0.3, 0.4) is 0 Å². The van der Waals surface area contributed by atoms with Crippen molar-refractivity contribution in [2.45, 2.75) is 6.54 Å². The molecule has 0 atom stereocenters. The minimum atomic E-state index is -0.136. The van der Waals surface area contributed by atoms with Crippen LogP contribution in [0.5, 0.6) is 0 Å². The van der Waals surface area contributed by atoms with E-state index in [9.17, 15) is 9.59 Å². The van der Waals surface area contributed by atoms with Crippen molar-refractivity contribution in [1.29, 1.82) is 0 Å². The van der Waals surface area contributed by atoms with Gasteiger partial charge in [0.2, 0.25) is 11.8 Å². The Balaban J connectivity index is 1.65. The molecule has 126 valence electrons. The molecule has 0 bridgehead atoms. The van der Waals surface area contributed by atoms with Crippen LogP contribution in [-0.2, 0) is 16.1 Å². The number of carbonyl (C=O) groups is 2. The molecule has 0 aliphatic heterocycles. The SMILES string of the molecule is O=C(CSCC(=O)Nc1cccc(Br)c1)NCc1ccc(Cl)cc1. The van der Waals surface area contributed by atoms with Gasteiger partial charge in [-0.05, 0) is 35.9 Å². The van der Waals surface area contributed by atoms with Crippen molar-refractivity contribution < 1.29 is 9.59 Å². The van der Waals surface area contributed by atoms with Crippen molar-refractivity contribution in [3.63, 3.8) is 0 Å². The van der Waals surface area contributed by atoms with E-state index in [1.807, 2.05) is 36.4 Å². The lowest BCUT2D eigenvalue weighted by molar-refractivity contribution is -0.118. The fourth-order valence-electron chi connectivity index (χ4n) is 1.85. The molecule has 2 aromatic carbocycles. The molecule has 2 N–H and O–H groups in total. The van der Waals surface area contributed by atoms with Gasteiger partial charge in [0, 0.05) is 21.7 Å². The predicted octanol–water partition coefficient (Wildman–Crippen LogP) is 4.09. The molecule has 2 rings (SSSR count). The Hall–Kier alpha value is -1.50. The summed E-state index contributed by atoms with van der Waals surface area (Å²) in [5.74, 6) is 0.217. The number of amides is 2. The van der Waals surface area contributed by atoms with Crippen LogP contribution in [0.2, 0.25) is 5.02 Å². The Morgan fingerprint density at radius 2 is 1.75 bits per heavy atom. The number of rotatable bonds is 7. The lowest BCUT2D eigenvalue weighted by atomic mass is 10.2.